The highest BCUT2D eigenvalue weighted by Crippen LogP contribution is 2.46. The predicted molar refractivity (Wildman–Crippen MR) is 112 cm³/mol. The van der Waals surface area contributed by atoms with E-state index in [0.29, 0.717) is 5.69 Å². The lowest BCUT2D eigenvalue weighted by molar-refractivity contribution is -0.149. The third-order valence-electron chi connectivity index (χ3n) is 4.71. The number of fused-ring (bicyclic) bond motifs is 1. The summed E-state index contributed by atoms with van der Waals surface area (Å²) in [5.41, 5.74) is 2.35. The first kappa shape index (κ1) is 20.9. The van der Waals surface area contributed by atoms with Crippen molar-refractivity contribution in [3.63, 3.8) is 0 Å². The summed E-state index contributed by atoms with van der Waals surface area (Å²) >= 11 is 1.57. The van der Waals surface area contributed by atoms with E-state index in [0.717, 1.165) is 16.9 Å². The standard InChI is InChI=1S/C23H23NO4S/c1-14(2)22(27)28-20-12-23(3,4)18-11-15(6-10-19(18)29-20)5-8-17-9-7-16(13-24-17)21(25)26/h6-7,9-11,13-14,20H,12H2,1-4H3,(H,25,26). The number of carbonyl (C=O) groups is 2. The molecule has 2 aromatic rings. The molecule has 0 bridgehead atoms. The number of aromatic nitrogens is 1. The maximum atomic E-state index is 12.0. The number of carboxylic acids is 1. The molecule has 0 spiro atoms. The Balaban J connectivity index is 1.81. The molecule has 0 aliphatic carbocycles. The zero-order valence-corrected chi connectivity index (χ0v) is 17.7. The molecular formula is C23H23NO4S. The molecular weight excluding hydrogens is 386 g/mol. The summed E-state index contributed by atoms with van der Waals surface area (Å²) in [6.45, 7) is 7.96. The first-order valence-corrected chi connectivity index (χ1v) is 10.3. The van der Waals surface area contributed by atoms with Gasteiger partial charge in [0.1, 0.15) is 5.69 Å². The molecule has 2 heterocycles. The van der Waals surface area contributed by atoms with Crippen LogP contribution in [0, 0.1) is 17.8 Å². The number of carboxylic acid groups (broad SMARTS) is 1. The van der Waals surface area contributed by atoms with Gasteiger partial charge < -0.3 is 9.84 Å². The molecule has 6 heteroatoms. The molecule has 1 aromatic heterocycles. The van der Waals surface area contributed by atoms with Gasteiger partial charge in [0.15, 0.2) is 5.44 Å². The van der Waals surface area contributed by atoms with Crippen molar-refractivity contribution in [3.8, 4) is 11.8 Å². The number of hydrogen-bond acceptors (Lipinski definition) is 5. The molecule has 1 aliphatic heterocycles. The van der Waals surface area contributed by atoms with E-state index in [1.54, 1.807) is 17.8 Å². The van der Waals surface area contributed by atoms with Crippen LogP contribution in [0.2, 0.25) is 0 Å². The van der Waals surface area contributed by atoms with E-state index >= 15 is 0 Å². The number of benzene rings is 1. The van der Waals surface area contributed by atoms with Crippen molar-refractivity contribution in [1.29, 1.82) is 0 Å². The van der Waals surface area contributed by atoms with Crippen LogP contribution in [-0.4, -0.2) is 27.5 Å². The van der Waals surface area contributed by atoms with Crippen molar-refractivity contribution in [3.05, 3.63) is 58.9 Å². The summed E-state index contributed by atoms with van der Waals surface area (Å²) in [5, 5.41) is 8.93. The van der Waals surface area contributed by atoms with Gasteiger partial charge in [0.25, 0.3) is 0 Å². The highest BCUT2D eigenvalue weighted by molar-refractivity contribution is 7.99. The minimum absolute atomic E-state index is 0.135. The molecule has 0 fully saturated rings. The second kappa shape index (κ2) is 8.30. The van der Waals surface area contributed by atoms with Crippen LogP contribution >= 0.6 is 11.8 Å². The fraction of sp³-hybridized carbons (Fsp3) is 0.348. The van der Waals surface area contributed by atoms with Gasteiger partial charge in [-0.25, -0.2) is 9.78 Å². The molecule has 1 N–H and O–H groups in total. The van der Waals surface area contributed by atoms with E-state index in [9.17, 15) is 9.59 Å². The van der Waals surface area contributed by atoms with Gasteiger partial charge in [-0.05, 0) is 47.2 Å². The lowest BCUT2D eigenvalue weighted by Crippen LogP contribution is -2.31. The summed E-state index contributed by atoms with van der Waals surface area (Å²) in [5.74, 6) is 4.75. The second-order valence-electron chi connectivity index (χ2n) is 7.93. The van der Waals surface area contributed by atoms with Gasteiger partial charge in [-0.3, -0.25) is 4.79 Å². The smallest absolute Gasteiger partial charge is 0.337 e. The average Bonchev–Trinajstić information content (AvgIpc) is 2.66. The van der Waals surface area contributed by atoms with Crippen LogP contribution in [0.5, 0.6) is 0 Å². The summed E-state index contributed by atoms with van der Waals surface area (Å²) in [4.78, 5) is 28.0. The molecule has 150 valence electrons. The van der Waals surface area contributed by atoms with E-state index in [2.05, 4.69) is 36.7 Å². The number of ether oxygens (including phenoxy) is 1. The lowest BCUT2D eigenvalue weighted by atomic mass is 9.80. The van der Waals surface area contributed by atoms with Crippen molar-refractivity contribution in [2.45, 2.75) is 49.9 Å². The van der Waals surface area contributed by atoms with Gasteiger partial charge in [-0.15, -0.1) is 0 Å². The Morgan fingerprint density at radius 1 is 1.24 bits per heavy atom. The molecule has 0 radical (unpaired) electrons. The van der Waals surface area contributed by atoms with Crippen molar-refractivity contribution in [1.82, 2.24) is 4.98 Å². The number of pyridine rings is 1. The lowest BCUT2D eigenvalue weighted by Gasteiger charge is -2.36. The van der Waals surface area contributed by atoms with E-state index in [4.69, 9.17) is 9.84 Å². The Morgan fingerprint density at radius 3 is 2.62 bits per heavy atom. The van der Waals surface area contributed by atoms with Gasteiger partial charge in [0.05, 0.1) is 11.5 Å². The quantitative estimate of drug-likeness (QED) is 0.595. The van der Waals surface area contributed by atoms with Gasteiger partial charge in [0.2, 0.25) is 0 Å². The van der Waals surface area contributed by atoms with Gasteiger partial charge in [0, 0.05) is 23.1 Å². The maximum Gasteiger partial charge on any atom is 0.337 e. The minimum Gasteiger partial charge on any atom is -0.478 e. The fourth-order valence-electron chi connectivity index (χ4n) is 3.01. The maximum absolute atomic E-state index is 12.0. The molecule has 0 amide bonds. The van der Waals surface area contributed by atoms with Crippen LogP contribution in [0.3, 0.4) is 0 Å². The monoisotopic (exact) mass is 409 g/mol. The summed E-state index contributed by atoms with van der Waals surface area (Å²) in [6.07, 6.45) is 2.04. The zero-order chi connectivity index (χ0) is 21.2. The van der Waals surface area contributed by atoms with E-state index in [1.165, 1.54) is 17.8 Å². The van der Waals surface area contributed by atoms with Crippen LogP contribution in [0.4, 0.5) is 0 Å². The molecule has 5 nitrogen and oxygen atoms in total. The molecule has 1 atom stereocenters. The van der Waals surface area contributed by atoms with E-state index in [-0.39, 0.29) is 28.3 Å². The Labute approximate surface area is 174 Å². The molecule has 29 heavy (non-hydrogen) atoms. The number of hydrogen-bond donors (Lipinski definition) is 1. The van der Waals surface area contributed by atoms with Gasteiger partial charge in [-0.1, -0.05) is 45.4 Å². The molecule has 1 aliphatic rings. The number of rotatable bonds is 3. The third-order valence-corrected chi connectivity index (χ3v) is 5.84. The highest BCUT2D eigenvalue weighted by atomic mass is 32.2. The first-order valence-electron chi connectivity index (χ1n) is 9.39. The normalized spacial score (nSPS) is 17.1. The van der Waals surface area contributed by atoms with Crippen LogP contribution in [-0.2, 0) is 14.9 Å². The Bertz CT molecular complexity index is 1000. The SMILES string of the molecule is CC(C)C(=O)OC1CC(C)(C)c2cc(C#Cc3ccc(C(=O)O)cn3)ccc2S1. The Kier molecular flexibility index (Phi) is 5.99. The summed E-state index contributed by atoms with van der Waals surface area (Å²) < 4.78 is 5.65. The number of esters is 1. The number of carbonyl (C=O) groups excluding carboxylic acids is 1. The topological polar surface area (TPSA) is 76.5 Å². The highest BCUT2D eigenvalue weighted by Gasteiger charge is 2.35. The van der Waals surface area contributed by atoms with Crippen molar-refractivity contribution >= 4 is 23.7 Å². The van der Waals surface area contributed by atoms with Gasteiger partial charge in [-0.2, -0.15) is 0 Å². The predicted octanol–water partition coefficient (Wildman–Crippen LogP) is 4.48. The van der Waals surface area contributed by atoms with Crippen LogP contribution in [0.1, 0.15) is 61.3 Å². The summed E-state index contributed by atoms with van der Waals surface area (Å²) in [7, 11) is 0. The number of aromatic carboxylic acids is 1. The first-order chi connectivity index (χ1) is 13.7. The minimum atomic E-state index is -1.01. The third kappa shape index (κ3) is 4.99. The van der Waals surface area contributed by atoms with E-state index in [1.807, 2.05) is 26.0 Å². The second-order valence-corrected chi connectivity index (χ2v) is 9.13. The molecule has 0 saturated heterocycles. The van der Waals surface area contributed by atoms with E-state index < -0.39 is 5.97 Å². The largest absolute Gasteiger partial charge is 0.478 e. The van der Waals surface area contributed by atoms with Crippen molar-refractivity contribution in [2.24, 2.45) is 5.92 Å². The Morgan fingerprint density at radius 2 is 2.00 bits per heavy atom. The van der Waals surface area contributed by atoms with Crippen LogP contribution in [0.25, 0.3) is 0 Å². The molecule has 1 unspecified atom stereocenters. The van der Waals surface area contributed by atoms with Crippen molar-refractivity contribution < 1.29 is 19.4 Å². The Hall–Kier alpha value is -2.78. The summed E-state index contributed by atoms with van der Waals surface area (Å²) in [6, 6.07) is 9.11. The number of thioether (sulfide) groups is 1. The average molecular weight is 410 g/mol. The van der Waals surface area contributed by atoms with Crippen LogP contribution in [0.15, 0.2) is 41.4 Å². The molecule has 1 aromatic carbocycles. The van der Waals surface area contributed by atoms with Crippen LogP contribution < -0.4 is 0 Å². The zero-order valence-electron chi connectivity index (χ0n) is 16.9. The molecule has 3 rings (SSSR count). The fourth-order valence-corrected chi connectivity index (χ4v) is 4.55. The molecule has 0 saturated carbocycles. The van der Waals surface area contributed by atoms with Gasteiger partial charge >= 0.3 is 11.9 Å². The van der Waals surface area contributed by atoms with Crippen molar-refractivity contribution in [2.75, 3.05) is 0 Å². The number of nitrogens with zero attached hydrogens (tertiary/aromatic N) is 1.